The average molecular weight is 296 g/mol. The fourth-order valence-electron chi connectivity index (χ4n) is 2.57. The molecule has 2 aromatic carbocycles. The summed E-state index contributed by atoms with van der Waals surface area (Å²) >= 11 is 0. The SMILES string of the molecule is C[C@](C=O)(Cc1ccccc1)N(C(=O)CN)c1ccccc1. The number of rotatable bonds is 6. The quantitative estimate of drug-likeness (QED) is 0.831. The first-order chi connectivity index (χ1) is 10.6. The molecule has 0 aromatic heterocycles. The summed E-state index contributed by atoms with van der Waals surface area (Å²) in [6, 6.07) is 18.8. The molecule has 0 spiro atoms. The van der Waals surface area contributed by atoms with Crippen LogP contribution in [0.3, 0.4) is 0 Å². The second-order valence-electron chi connectivity index (χ2n) is 5.41. The number of hydrogen-bond acceptors (Lipinski definition) is 3. The number of aldehydes is 1. The molecule has 0 unspecified atom stereocenters. The topological polar surface area (TPSA) is 63.4 Å². The summed E-state index contributed by atoms with van der Waals surface area (Å²) in [7, 11) is 0. The van der Waals surface area contributed by atoms with Crippen LogP contribution in [0.25, 0.3) is 0 Å². The molecule has 1 atom stereocenters. The van der Waals surface area contributed by atoms with Crippen LogP contribution >= 0.6 is 0 Å². The van der Waals surface area contributed by atoms with Gasteiger partial charge in [0.1, 0.15) is 11.8 Å². The number of nitrogens with zero attached hydrogens (tertiary/aromatic N) is 1. The van der Waals surface area contributed by atoms with E-state index in [0.29, 0.717) is 12.1 Å². The van der Waals surface area contributed by atoms with Crippen molar-refractivity contribution in [1.82, 2.24) is 0 Å². The van der Waals surface area contributed by atoms with E-state index in [2.05, 4.69) is 0 Å². The maximum absolute atomic E-state index is 12.4. The van der Waals surface area contributed by atoms with Crippen molar-refractivity contribution >= 4 is 17.9 Å². The van der Waals surface area contributed by atoms with Crippen LogP contribution in [0.2, 0.25) is 0 Å². The molecule has 0 heterocycles. The average Bonchev–Trinajstić information content (AvgIpc) is 2.56. The van der Waals surface area contributed by atoms with Crippen LogP contribution in [0.5, 0.6) is 0 Å². The van der Waals surface area contributed by atoms with Crippen LogP contribution in [0, 0.1) is 0 Å². The Bertz CT molecular complexity index is 628. The molecule has 0 radical (unpaired) electrons. The smallest absolute Gasteiger partial charge is 0.241 e. The molecule has 2 aromatic rings. The minimum atomic E-state index is -0.987. The molecule has 0 fully saturated rings. The molecule has 1 amide bonds. The Balaban J connectivity index is 2.42. The van der Waals surface area contributed by atoms with E-state index < -0.39 is 5.54 Å². The summed E-state index contributed by atoms with van der Waals surface area (Å²) in [6.07, 6.45) is 1.25. The molecule has 114 valence electrons. The Morgan fingerprint density at radius 1 is 1.09 bits per heavy atom. The Labute approximate surface area is 130 Å². The van der Waals surface area contributed by atoms with Crippen molar-refractivity contribution < 1.29 is 9.59 Å². The third-order valence-corrected chi connectivity index (χ3v) is 3.61. The number of carbonyl (C=O) groups is 2. The van der Waals surface area contributed by atoms with E-state index in [-0.39, 0.29) is 12.5 Å². The molecule has 22 heavy (non-hydrogen) atoms. The van der Waals surface area contributed by atoms with E-state index in [0.717, 1.165) is 11.8 Å². The molecule has 4 nitrogen and oxygen atoms in total. The Hall–Kier alpha value is -2.46. The number of anilines is 1. The van der Waals surface area contributed by atoms with Gasteiger partial charge in [0.15, 0.2) is 0 Å². The second-order valence-corrected chi connectivity index (χ2v) is 5.41. The lowest BCUT2D eigenvalue weighted by atomic mass is 9.91. The van der Waals surface area contributed by atoms with Crippen molar-refractivity contribution in [2.24, 2.45) is 5.73 Å². The van der Waals surface area contributed by atoms with Crippen LogP contribution in [0.4, 0.5) is 5.69 Å². The van der Waals surface area contributed by atoms with Crippen LogP contribution in [0.1, 0.15) is 12.5 Å². The van der Waals surface area contributed by atoms with Gasteiger partial charge in [-0.05, 0) is 24.6 Å². The lowest BCUT2D eigenvalue weighted by Crippen LogP contribution is -2.54. The first-order valence-electron chi connectivity index (χ1n) is 7.19. The van der Waals surface area contributed by atoms with Crippen molar-refractivity contribution in [3.05, 3.63) is 66.2 Å². The predicted molar refractivity (Wildman–Crippen MR) is 87.6 cm³/mol. The van der Waals surface area contributed by atoms with Gasteiger partial charge in [0, 0.05) is 12.1 Å². The van der Waals surface area contributed by atoms with E-state index in [1.807, 2.05) is 48.5 Å². The van der Waals surface area contributed by atoms with E-state index in [1.54, 1.807) is 19.1 Å². The van der Waals surface area contributed by atoms with Gasteiger partial charge in [0.2, 0.25) is 5.91 Å². The fraction of sp³-hybridized carbons (Fsp3) is 0.222. The van der Waals surface area contributed by atoms with E-state index in [9.17, 15) is 9.59 Å². The molecule has 2 rings (SSSR count). The van der Waals surface area contributed by atoms with Crippen molar-refractivity contribution in [2.75, 3.05) is 11.4 Å². The van der Waals surface area contributed by atoms with Crippen molar-refractivity contribution in [3.63, 3.8) is 0 Å². The summed E-state index contributed by atoms with van der Waals surface area (Å²) in [5.41, 5.74) is 6.22. The number of nitrogens with two attached hydrogens (primary N) is 1. The minimum absolute atomic E-state index is 0.146. The van der Waals surface area contributed by atoms with E-state index >= 15 is 0 Å². The second kappa shape index (κ2) is 7.00. The summed E-state index contributed by atoms with van der Waals surface area (Å²) in [5, 5.41) is 0. The van der Waals surface area contributed by atoms with Gasteiger partial charge in [-0.3, -0.25) is 9.69 Å². The van der Waals surface area contributed by atoms with Crippen LogP contribution in [-0.2, 0) is 16.0 Å². The largest absolute Gasteiger partial charge is 0.322 e. The Morgan fingerprint density at radius 3 is 2.14 bits per heavy atom. The van der Waals surface area contributed by atoms with Gasteiger partial charge in [-0.25, -0.2) is 0 Å². The molecule has 0 aliphatic carbocycles. The van der Waals surface area contributed by atoms with Gasteiger partial charge < -0.3 is 10.5 Å². The fourth-order valence-corrected chi connectivity index (χ4v) is 2.57. The number of amides is 1. The molecule has 0 saturated heterocycles. The van der Waals surface area contributed by atoms with Crippen LogP contribution < -0.4 is 10.6 Å². The highest BCUT2D eigenvalue weighted by molar-refractivity contribution is 6.00. The molecular weight excluding hydrogens is 276 g/mol. The van der Waals surface area contributed by atoms with Gasteiger partial charge in [-0.15, -0.1) is 0 Å². The maximum atomic E-state index is 12.4. The molecule has 2 N–H and O–H groups in total. The first-order valence-corrected chi connectivity index (χ1v) is 7.19. The number of carbonyl (C=O) groups excluding carboxylic acids is 2. The van der Waals surface area contributed by atoms with Crippen molar-refractivity contribution in [2.45, 2.75) is 18.9 Å². The standard InChI is InChI=1S/C18H20N2O2/c1-18(14-21,12-15-8-4-2-5-9-15)20(17(22)13-19)16-10-6-3-7-11-16/h2-11,14H,12-13,19H2,1H3/t18-/m1/s1. The van der Waals surface area contributed by atoms with Gasteiger partial charge in [-0.2, -0.15) is 0 Å². The van der Waals surface area contributed by atoms with Gasteiger partial charge in [-0.1, -0.05) is 48.5 Å². The molecule has 0 bridgehead atoms. The number of para-hydroxylation sites is 1. The number of benzene rings is 2. The summed E-state index contributed by atoms with van der Waals surface area (Å²) in [6.45, 7) is 1.61. The predicted octanol–water partition coefficient (Wildman–Crippen LogP) is 2.18. The Morgan fingerprint density at radius 2 is 1.64 bits per heavy atom. The van der Waals surface area contributed by atoms with Gasteiger partial charge in [0.25, 0.3) is 0 Å². The van der Waals surface area contributed by atoms with Crippen molar-refractivity contribution in [1.29, 1.82) is 0 Å². The highest BCUT2D eigenvalue weighted by Crippen LogP contribution is 2.26. The zero-order chi connectivity index (χ0) is 16.0. The molecule has 0 aliphatic heterocycles. The lowest BCUT2D eigenvalue weighted by molar-refractivity contribution is -0.121. The molecule has 0 aliphatic rings. The normalized spacial score (nSPS) is 13.2. The van der Waals surface area contributed by atoms with E-state index in [1.165, 1.54) is 4.90 Å². The first kappa shape index (κ1) is 15.9. The van der Waals surface area contributed by atoms with Crippen LogP contribution in [-0.4, -0.2) is 24.3 Å². The lowest BCUT2D eigenvalue weighted by Gasteiger charge is -2.37. The monoisotopic (exact) mass is 296 g/mol. The van der Waals surface area contributed by atoms with Crippen LogP contribution in [0.15, 0.2) is 60.7 Å². The van der Waals surface area contributed by atoms with Gasteiger partial charge >= 0.3 is 0 Å². The summed E-state index contributed by atoms with van der Waals surface area (Å²) < 4.78 is 0. The van der Waals surface area contributed by atoms with E-state index in [4.69, 9.17) is 5.73 Å². The molecular formula is C18H20N2O2. The Kier molecular flexibility index (Phi) is 5.07. The zero-order valence-corrected chi connectivity index (χ0v) is 12.6. The van der Waals surface area contributed by atoms with Crippen molar-refractivity contribution in [3.8, 4) is 0 Å². The third-order valence-electron chi connectivity index (χ3n) is 3.61. The minimum Gasteiger partial charge on any atom is -0.322 e. The summed E-state index contributed by atoms with van der Waals surface area (Å²) in [4.78, 5) is 25.7. The highest BCUT2D eigenvalue weighted by atomic mass is 16.2. The number of hydrogen-bond donors (Lipinski definition) is 1. The third kappa shape index (κ3) is 3.40. The summed E-state index contributed by atoms with van der Waals surface area (Å²) in [5.74, 6) is -0.281. The maximum Gasteiger partial charge on any atom is 0.241 e. The highest BCUT2D eigenvalue weighted by Gasteiger charge is 2.36. The molecule has 4 heteroatoms. The molecule has 0 saturated carbocycles. The van der Waals surface area contributed by atoms with Gasteiger partial charge in [0.05, 0.1) is 6.54 Å². The zero-order valence-electron chi connectivity index (χ0n) is 12.6.